The van der Waals surface area contributed by atoms with Crippen LogP contribution in [0.4, 0.5) is 10.1 Å². The molecule has 0 heterocycles. The predicted octanol–water partition coefficient (Wildman–Crippen LogP) is 3.72. The second-order valence-corrected chi connectivity index (χ2v) is 5.72. The molecule has 0 spiro atoms. The van der Waals surface area contributed by atoms with Crippen molar-refractivity contribution in [1.29, 1.82) is 0 Å². The van der Waals surface area contributed by atoms with E-state index in [4.69, 9.17) is 4.74 Å². The molecule has 3 unspecified atom stereocenters. The van der Waals surface area contributed by atoms with Crippen LogP contribution < -0.4 is 0 Å². The molecular formula is C15H18FNO4. The van der Waals surface area contributed by atoms with Gasteiger partial charge in [0.15, 0.2) is 0 Å². The highest BCUT2D eigenvalue weighted by Crippen LogP contribution is 2.31. The Balaban J connectivity index is 2.07. The van der Waals surface area contributed by atoms with Crippen molar-refractivity contribution in [2.45, 2.75) is 39.2 Å². The van der Waals surface area contributed by atoms with Gasteiger partial charge in [-0.15, -0.1) is 0 Å². The minimum Gasteiger partial charge on any atom is -0.459 e. The SMILES string of the molecule is CC1CCC(OC(=O)c2ccc(F)c([N+](=O)[O-])c2)CC1C. The fourth-order valence-electron chi connectivity index (χ4n) is 2.60. The number of nitrogens with zero attached hydrogens (tertiary/aromatic N) is 1. The number of hydrogen-bond acceptors (Lipinski definition) is 4. The maximum Gasteiger partial charge on any atom is 0.338 e. The summed E-state index contributed by atoms with van der Waals surface area (Å²) < 4.78 is 18.6. The van der Waals surface area contributed by atoms with E-state index >= 15 is 0 Å². The lowest BCUT2D eigenvalue weighted by molar-refractivity contribution is -0.387. The zero-order valence-electron chi connectivity index (χ0n) is 12.0. The number of carbonyl (C=O) groups excluding carboxylic acids is 1. The number of carbonyl (C=O) groups is 1. The van der Waals surface area contributed by atoms with Gasteiger partial charge in [0.05, 0.1) is 10.5 Å². The lowest BCUT2D eigenvalue weighted by Crippen LogP contribution is -2.28. The first-order valence-corrected chi connectivity index (χ1v) is 7.03. The zero-order chi connectivity index (χ0) is 15.6. The van der Waals surface area contributed by atoms with Gasteiger partial charge in [-0.1, -0.05) is 13.8 Å². The Labute approximate surface area is 122 Å². The van der Waals surface area contributed by atoms with Gasteiger partial charge in [0.2, 0.25) is 5.82 Å². The van der Waals surface area contributed by atoms with Crippen LogP contribution in [-0.2, 0) is 4.74 Å². The van der Waals surface area contributed by atoms with E-state index < -0.39 is 22.4 Å². The maximum absolute atomic E-state index is 13.2. The third-order valence-electron chi connectivity index (χ3n) is 4.20. The van der Waals surface area contributed by atoms with E-state index in [1.165, 1.54) is 6.07 Å². The molecule has 1 saturated carbocycles. The number of rotatable bonds is 3. The van der Waals surface area contributed by atoms with Crippen molar-refractivity contribution in [2.24, 2.45) is 11.8 Å². The van der Waals surface area contributed by atoms with Crippen LogP contribution in [0, 0.1) is 27.8 Å². The van der Waals surface area contributed by atoms with Crippen LogP contribution in [0.2, 0.25) is 0 Å². The molecule has 1 aliphatic carbocycles. The smallest absolute Gasteiger partial charge is 0.338 e. The van der Waals surface area contributed by atoms with Crippen LogP contribution in [0.5, 0.6) is 0 Å². The molecule has 1 aromatic rings. The summed E-state index contributed by atoms with van der Waals surface area (Å²) in [5, 5.41) is 10.7. The fourth-order valence-corrected chi connectivity index (χ4v) is 2.60. The van der Waals surface area contributed by atoms with E-state index in [0.717, 1.165) is 31.4 Å². The maximum atomic E-state index is 13.2. The van der Waals surface area contributed by atoms with Gasteiger partial charge in [-0.05, 0) is 43.2 Å². The van der Waals surface area contributed by atoms with Gasteiger partial charge in [0.25, 0.3) is 0 Å². The molecule has 0 bridgehead atoms. The lowest BCUT2D eigenvalue weighted by Gasteiger charge is -2.31. The average molecular weight is 295 g/mol. The highest BCUT2D eigenvalue weighted by atomic mass is 19.1. The second kappa shape index (κ2) is 6.20. The van der Waals surface area contributed by atoms with Crippen molar-refractivity contribution < 1.29 is 18.8 Å². The van der Waals surface area contributed by atoms with E-state index in [1.54, 1.807) is 0 Å². The molecule has 0 aliphatic heterocycles. The Morgan fingerprint density at radius 3 is 2.67 bits per heavy atom. The predicted molar refractivity (Wildman–Crippen MR) is 74.4 cm³/mol. The first-order valence-electron chi connectivity index (χ1n) is 7.03. The molecule has 2 rings (SSSR count). The molecule has 21 heavy (non-hydrogen) atoms. The number of benzene rings is 1. The monoisotopic (exact) mass is 295 g/mol. The van der Waals surface area contributed by atoms with Crippen LogP contribution in [-0.4, -0.2) is 17.0 Å². The van der Waals surface area contributed by atoms with Gasteiger partial charge in [-0.3, -0.25) is 10.1 Å². The summed E-state index contributed by atoms with van der Waals surface area (Å²) in [5.41, 5.74) is -0.704. The van der Waals surface area contributed by atoms with Gasteiger partial charge in [-0.25, -0.2) is 4.79 Å². The number of esters is 1. The van der Waals surface area contributed by atoms with Gasteiger partial charge < -0.3 is 4.74 Å². The van der Waals surface area contributed by atoms with Crippen LogP contribution in [0.15, 0.2) is 18.2 Å². The molecule has 0 radical (unpaired) electrons. The van der Waals surface area contributed by atoms with E-state index in [-0.39, 0.29) is 11.7 Å². The molecule has 3 atom stereocenters. The normalized spacial score (nSPS) is 25.4. The van der Waals surface area contributed by atoms with Gasteiger partial charge in [0.1, 0.15) is 6.10 Å². The number of nitro groups is 1. The second-order valence-electron chi connectivity index (χ2n) is 5.72. The molecule has 0 aromatic heterocycles. The van der Waals surface area contributed by atoms with E-state index in [0.29, 0.717) is 11.8 Å². The summed E-state index contributed by atoms with van der Waals surface area (Å²) >= 11 is 0. The summed E-state index contributed by atoms with van der Waals surface area (Å²) in [6, 6.07) is 3.05. The summed E-state index contributed by atoms with van der Waals surface area (Å²) in [4.78, 5) is 21.8. The quantitative estimate of drug-likeness (QED) is 0.484. The third kappa shape index (κ3) is 3.56. The lowest BCUT2D eigenvalue weighted by atomic mass is 9.80. The first-order chi connectivity index (χ1) is 9.88. The molecule has 5 nitrogen and oxygen atoms in total. The Morgan fingerprint density at radius 1 is 1.33 bits per heavy atom. The fraction of sp³-hybridized carbons (Fsp3) is 0.533. The van der Waals surface area contributed by atoms with Gasteiger partial charge in [-0.2, -0.15) is 4.39 Å². The van der Waals surface area contributed by atoms with Crippen LogP contribution in [0.3, 0.4) is 0 Å². The molecular weight excluding hydrogens is 277 g/mol. The molecule has 6 heteroatoms. The zero-order valence-corrected chi connectivity index (χ0v) is 12.0. The first kappa shape index (κ1) is 15.4. The van der Waals surface area contributed by atoms with Crippen LogP contribution >= 0.6 is 0 Å². The Hall–Kier alpha value is -1.98. The van der Waals surface area contributed by atoms with Crippen molar-refractivity contribution in [1.82, 2.24) is 0 Å². The molecule has 114 valence electrons. The molecule has 0 saturated heterocycles. The van der Waals surface area contributed by atoms with Gasteiger partial charge >= 0.3 is 11.7 Å². The Kier molecular flexibility index (Phi) is 4.55. The third-order valence-corrected chi connectivity index (χ3v) is 4.20. The topological polar surface area (TPSA) is 69.4 Å². The summed E-state index contributed by atoms with van der Waals surface area (Å²) in [5.74, 6) is -0.521. The summed E-state index contributed by atoms with van der Waals surface area (Å²) in [7, 11) is 0. The number of halogens is 1. The molecule has 1 aromatic carbocycles. The van der Waals surface area contributed by atoms with E-state index in [1.807, 2.05) is 0 Å². The molecule has 0 amide bonds. The van der Waals surface area contributed by atoms with Crippen molar-refractivity contribution in [2.75, 3.05) is 0 Å². The highest BCUT2D eigenvalue weighted by Gasteiger charge is 2.28. The van der Waals surface area contributed by atoms with Crippen molar-refractivity contribution in [3.05, 3.63) is 39.7 Å². The van der Waals surface area contributed by atoms with Crippen molar-refractivity contribution >= 4 is 11.7 Å². The van der Waals surface area contributed by atoms with Crippen LogP contribution in [0.25, 0.3) is 0 Å². The molecule has 0 N–H and O–H groups in total. The van der Waals surface area contributed by atoms with E-state index in [9.17, 15) is 19.3 Å². The minimum absolute atomic E-state index is 0.00868. The molecule has 1 fully saturated rings. The van der Waals surface area contributed by atoms with E-state index in [2.05, 4.69) is 13.8 Å². The van der Waals surface area contributed by atoms with Gasteiger partial charge in [0, 0.05) is 6.07 Å². The minimum atomic E-state index is -0.961. The summed E-state index contributed by atoms with van der Waals surface area (Å²) in [6.07, 6.45) is 2.40. The van der Waals surface area contributed by atoms with Crippen molar-refractivity contribution in [3.8, 4) is 0 Å². The standard InChI is InChI=1S/C15H18FNO4/c1-9-3-5-12(7-10(9)2)21-15(18)11-4-6-13(16)14(8-11)17(19)20/h4,6,8-10,12H,3,5,7H2,1-2H3. The van der Waals surface area contributed by atoms with Crippen LogP contribution in [0.1, 0.15) is 43.5 Å². The molecule has 1 aliphatic rings. The Bertz CT molecular complexity index is 561. The highest BCUT2D eigenvalue weighted by molar-refractivity contribution is 5.90. The average Bonchev–Trinajstić information content (AvgIpc) is 2.43. The Morgan fingerprint density at radius 2 is 2.05 bits per heavy atom. The number of nitro benzene ring substituents is 1. The summed E-state index contributed by atoms with van der Waals surface area (Å²) in [6.45, 7) is 4.29. The van der Waals surface area contributed by atoms with Crippen molar-refractivity contribution in [3.63, 3.8) is 0 Å². The number of ether oxygens (including phenoxy) is 1. The largest absolute Gasteiger partial charge is 0.459 e. The number of hydrogen-bond donors (Lipinski definition) is 0.